The first kappa shape index (κ1) is 14.4. The number of hydrogen-bond donors (Lipinski definition) is 0. The highest BCUT2D eigenvalue weighted by molar-refractivity contribution is 5.72. The normalized spacial score (nSPS) is 10.6. The molecule has 0 unspecified atom stereocenters. The minimum atomic E-state index is 0.480. The van der Waals surface area contributed by atoms with Crippen molar-refractivity contribution in [3.63, 3.8) is 0 Å². The molecule has 3 aromatic rings. The van der Waals surface area contributed by atoms with Crippen LogP contribution >= 0.6 is 0 Å². The maximum Gasteiger partial charge on any atom is 0.211 e. The van der Waals surface area contributed by atoms with Crippen LogP contribution in [0.2, 0.25) is 0 Å². The molecule has 0 atom stereocenters. The van der Waals surface area contributed by atoms with Crippen molar-refractivity contribution >= 4 is 0 Å². The molecule has 1 heterocycles. The largest absolute Gasteiger partial charge is 0.464 e. The van der Waals surface area contributed by atoms with Crippen LogP contribution < -0.4 is 4.89 Å². The van der Waals surface area contributed by atoms with Crippen molar-refractivity contribution < 1.29 is 14.2 Å². The summed E-state index contributed by atoms with van der Waals surface area (Å²) < 4.78 is 5.75. The Morgan fingerprint density at radius 1 is 0.909 bits per heavy atom. The van der Waals surface area contributed by atoms with E-state index in [0.717, 1.165) is 16.9 Å². The molecule has 0 fully saturated rings. The van der Waals surface area contributed by atoms with Crippen LogP contribution in [0.15, 0.2) is 71.3 Å². The molecule has 0 amide bonds. The molecular weight excluding hydrogens is 276 g/mol. The van der Waals surface area contributed by atoms with E-state index < -0.39 is 0 Å². The molecule has 112 valence electrons. The van der Waals surface area contributed by atoms with Crippen molar-refractivity contribution in [2.45, 2.75) is 13.3 Å². The summed E-state index contributed by atoms with van der Waals surface area (Å²) in [5.74, 6) is 1.48. The minimum Gasteiger partial charge on any atom is -0.464 e. The van der Waals surface area contributed by atoms with Crippen LogP contribution in [0.4, 0.5) is 0 Å². The highest BCUT2D eigenvalue weighted by Gasteiger charge is 2.18. The first-order chi connectivity index (χ1) is 10.9. The zero-order valence-corrected chi connectivity index (χ0v) is 12.5. The molecule has 3 rings (SSSR count). The van der Waals surface area contributed by atoms with E-state index in [1.807, 2.05) is 55.5 Å². The van der Waals surface area contributed by atoms with E-state index in [4.69, 9.17) is 14.2 Å². The Morgan fingerprint density at radius 2 is 1.59 bits per heavy atom. The predicted octanol–water partition coefficient (Wildman–Crippen LogP) is 4.87. The first-order valence-electron chi connectivity index (χ1n) is 7.37. The Morgan fingerprint density at radius 3 is 2.27 bits per heavy atom. The van der Waals surface area contributed by atoms with Gasteiger partial charge in [0.25, 0.3) is 0 Å². The van der Waals surface area contributed by atoms with Gasteiger partial charge in [0, 0.05) is 6.42 Å². The number of furan rings is 1. The summed E-state index contributed by atoms with van der Waals surface area (Å²) in [5.41, 5.74) is 3.19. The lowest BCUT2D eigenvalue weighted by Crippen LogP contribution is -1.97. The summed E-state index contributed by atoms with van der Waals surface area (Å²) in [5, 5.41) is 0. The first-order valence-corrected chi connectivity index (χ1v) is 7.37. The van der Waals surface area contributed by atoms with E-state index in [1.165, 1.54) is 5.56 Å². The Hall–Kier alpha value is -2.52. The summed E-state index contributed by atoms with van der Waals surface area (Å²) >= 11 is 0. The smallest absolute Gasteiger partial charge is 0.211 e. The van der Waals surface area contributed by atoms with Crippen LogP contribution in [-0.4, -0.2) is 6.61 Å². The second-order valence-corrected chi connectivity index (χ2v) is 4.92. The van der Waals surface area contributed by atoms with Gasteiger partial charge in [0.1, 0.15) is 12.0 Å². The predicted molar refractivity (Wildman–Crippen MR) is 85.6 cm³/mol. The third-order valence-corrected chi connectivity index (χ3v) is 3.37. The average Bonchev–Trinajstić information content (AvgIpc) is 2.97. The van der Waals surface area contributed by atoms with Crippen LogP contribution in [0.1, 0.15) is 18.2 Å². The molecule has 2 aromatic carbocycles. The summed E-state index contributed by atoms with van der Waals surface area (Å²) in [7, 11) is 0. The lowest BCUT2D eigenvalue weighted by Gasteiger charge is -2.06. The van der Waals surface area contributed by atoms with Gasteiger partial charge in [-0.2, -0.15) is 4.89 Å². The minimum absolute atomic E-state index is 0.480. The van der Waals surface area contributed by atoms with Gasteiger partial charge < -0.3 is 9.30 Å². The van der Waals surface area contributed by atoms with Gasteiger partial charge in [0.2, 0.25) is 5.75 Å². The highest BCUT2D eigenvalue weighted by Crippen LogP contribution is 2.36. The quantitative estimate of drug-likeness (QED) is 0.480. The average molecular weight is 294 g/mol. The molecule has 1 aromatic heterocycles. The van der Waals surface area contributed by atoms with Crippen molar-refractivity contribution in [2.75, 3.05) is 6.61 Å². The summed E-state index contributed by atoms with van der Waals surface area (Å²) in [6.07, 6.45) is 2.32. The summed E-state index contributed by atoms with van der Waals surface area (Å²) in [6.45, 7) is 2.36. The maximum absolute atomic E-state index is 5.75. The Balaban J connectivity index is 1.97. The van der Waals surface area contributed by atoms with Gasteiger partial charge in [0.15, 0.2) is 0 Å². The van der Waals surface area contributed by atoms with Crippen LogP contribution in [0, 0.1) is 0 Å². The number of rotatable bonds is 6. The fourth-order valence-corrected chi connectivity index (χ4v) is 2.38. The van der Waals surface area contributed by atoms with Crippen LogP contribution in [0.3, 0.4) is 0 Å². The SMILES string of the molecule is CCOOc1coc(Cc2ccccc2)c1-c1ccccc1. The summed E-state index contributed by atoms with van der Waals surface area (Å²) in [6, 6.07) is 20.3. The lowest BCUT2D eigenvalue weighted by atomic mass is 10.0. The Kier molecular flexibility index (Phi) is 4.56. The standard InChI is InChI=1S/C19H18O3/c1-2-21-22-18-14-20-17(13-15-9-5-3-6-10-15)19(18)16-11-7-4-8-12-16/h3-12,14H,2,13H2,1H3. The molecule has 0 aliphatic carbocycles. The van der Waals surface area contributed by atoms with E-state index in [1.54, 1.807) is 6.26 Å². The molecule has 0 aliphatic rings. The van der Waals surface area contributed by atoms with Gasteiger partial charge in [-0.1, -0.05) is 60.7 Å². The topological polar surface area (TPSA) is 31.6 Å². The van der Waals surface area contributed by atoms with Crippen molar-refractivity contribution in [3.05, 3.63) is 78.3 Å². The molecular formula is C19H18O3. The second-order valence-electron chi connectivity index (χ2n) is 4.92. The molecule has 0 aliphatic heterocycles. The van der Waals surface area contributed by atoms with Gasteiger partial charge in [-0.15, -0.1) is 0 Å². The molecule has 0 bridgehead atoms. The van der Waals surface area contributed by atoms with E-state index >= 15 is 0 Å². The zero-order valence-electron chi connectivity index (χ0n) is 12.5. The molecule has 0 N–H and O–H groups in total. The molecule has 0 saturated carbocycles. The maximum atomic E-state index is 5.75. The lowest BCUT2D eigenvalue weighted by molar-refractivity contribution is -0.201. The molecule has 3 heteroatoms. The highest BCUT2D eigenvalue weighted by atomic mass is 17.2. The fraction of sp³-hybridized carbons (Fsp3) is 0.158. The second kappa shape index (κ2) is 6.96. The van der Waals surface area contributed by atoms with Crippen LogP contribution in [0.5, 0.6) is 5.75 Å². The van der Waals surface area contributed by atoms with Crippen molar-refractivity contribution in [1.29, 1.82) is 0 Å². The van der Waals surface area contributed by atoms with Gasteiger partial charge in [0.05, 0.1) is 12.2 Å². The van der Waals surface area contributed by atoms with E-state index in [2.05, 4.69) is 12.1 Å². The molecule has 3 nitrogen and oxygen atoms in total. The third-order valence-electron chi connectivity index (χ3n) is 3.37. The van der Waals surface area contributed by atoms with Crippen molar-refractivity contribution in [1.82, 2.24) is 0 Å². The number of benzene rings is 2. The monoisotopic (exact) mass is 294 g/mol. The summed E-state index contributed by atoms with van der Waals surface area (Å²) in [4.78, 5) is 10.5. The molecule has 0 spiro atoms. The fourth-order valence-electron chi connectivity index (χ4n) is 2.38. The van der Waals surface area contributed by atoms with E-state index in [0.29, 0.717) is 18.8 Å². The third kappa shape index (κ3) is 3.21. The number of hydrogen-bond acceptors (Lipinski definition) is 3. The van der Waals surface area contributed by atoms with E-state index in [-0.39, 0.29) is 0 Å². The van der Waals surface area contributed by atoms with Gasteiger partial charge in [-0.25, -0.2) is 0 Å². The van der Waals surface area contributed by atoms with E-state index in [9.17, 15) is 0 Å². The van der Waals surface area contributed by atoms with Crippen LogP contribution in [0.25, 0.3) is 11.1 Å². The van der Waals surface area contributed by atoms with Gasteiger partial charge in [-0.3, -0.25) is 0 Å². The van der Waals surface area contributed by atoms with Crippen LogP contribution in [-0.2, 0) is 11.3 Å². The Bertz CT molecular complexity index is 702. The van der Waals surface area contributed by atoms with Gasteiger partial charge >= 0.3 is 0 Å². The van der Waals surface area contributed by atoms with Gasteiger partial charge in [-0.05, 0) is 18.1 Å². The zero-order chi connectivity index (χ0) is 15.2. The molecule has 0 saturated heterocycles. The van der Waals surface area contributed by atoms with Crippen molar-refractivity contribution in [2.24, 2.45) is 0 Å². The Labute approximate surface area is 130 Å². The van der Waals surface area contributed by atoms with Crippen molar-refractivity contribution in [3.8, 4) is 16.9 Å². The molecule has 22 heavy (non-hydrogen) atoms. The molecule has 0 radical (unpaired) electrons.